The summed E-state index contributed by atoms with van der Waals surface area (Å²) in [5.74, 6) is -0.0229. The van der Waals surface area contributed by atoms with Crippen molar-refractivity contribution in [3.8, 4) is 0 Å². The number of anilines is 1. The standard InChI is InChI=1S/C7H12N4O2/c1-3-5(2)10-4-6(11(12)13)7(8)9-10/h4-5H,3H2,1-2H3,(H2,8,9). The van der Waals surface area contributed by atoms with Crippen LogP contribution < -0.4 is 5.73 Å². The maximum atomic E-state index is 10.4. The number of nitrogen functional groups attached to an aromatic ring is 1. The highest BCUT2D eigenvalue weighted by atomic mass is 16.6. The van der Waals surface area contributed by atoms with Crippen LogP contribution in [0.5, 0.6) is 0 Å². The molecule has 1 rings (SSSR count). The lowest BCUT2D eigenvalue weighted by atomic mass is 10.3. The van der Waals surface area contributed by atoms with Crippen molar-refractivity contribution < 1.29 is 4.92 Å². The molecule has 0 fully saturated rings. The molecule has 0 saturated carbocycles. The molecule has 0 aliphatic carbocycles. The third kappa shape index (κ3) is 1.77. The van der Waals surface area contributed by atoms with Gasteiger partial charge in [-0.25, -0.2) is 0 Å². The fourth-order valence-electron chi connectivity index (χ4n) is 0.949. The van der Waals surface area contributed by atoms with Gasteiger partial charge in [0.2, 0.25) is 5.82 Å². The van der Waals surface area contributed by atoms with E-state index < -0.39 is 4.92 Å². The van der Waals surface area contributed by atoms with Gasteiger partial charge in [-0.15, -0.1) is 5.10 Å². The van der Waals surface area contributed by atoms with E-state index in [0.717, 1.165) is 6.42 Å². The van der Waals surface area contributed by atoms with Gasteiger partial charge in [-0.3, -0.25) is 14.8 Å². The monoisotopic (exact) mass is 184 g/mol. The Balaban J connectivity index is 3.01. The molecule has 0 aliphatic rings. The molecule has 0 aromatic carbocycles. The number of aromatic nitrogens is 2. The van der Waals surface area contributed by atoms with Crippen LogP contribution in [0.25, 0.3) is 0 Å². The summed E-state index contributed by atoms with van der Waals surface area (Å²) < 4.78 is 1.52. The summed E-state index contributed by atoms with van der Waals surface area (Å²) >= 11 is 0. The molecule has 1 aromatic rings. The largest absolute Gasteiger partial charge is 0.376 e. The normalized spacial score (nSPS) is 12.8. The van der Waals surface area contributed by atoms with Crippen LogP contribution in [0, 0.1) is 10.1 Å². The molecule has 1 unspecified atom stereocenters. The molecule has 72 valence electrons. The molecular formula is C7H12N4O2. The van der Waals surface area contributed by atoms with Crippen LogP contribution in [0.15, 0.2) is 6.20 Å². The van der Waals surface area contributed by atoms with Crippen LogP contribution in [0.2, 0.25) is 0 Å². The van der Waals surface area contributed by atoms with Crippen LogP contribution in [0.3, 0.4) is 0 Å². The van der Waals surface area contributed by atoms with Gasteiger partial charge in [0.15, 0.2) is 0 Å². The fraction of sp³-hybridized carbons (Fsp3) is 0.571. The zero-order chi connectivity index (χ0) is 10.0. The van der Waals surface area contributed by atoms with E-state index >= 15 is 0 Å². The Morgan fingerprint density at radius 2 is 2.46 bits per heavy atom. The van der Waals surface area contributed by atoms with Crippen LogP contribution in [-0.4, -0.2) is 14.7 Å². The summed E-state index contributed by atoms with van der Waals surface area (Å²) in [6, 6.07) is 0.135. The number of nitrogens with zero attached hydrogens (tertiary/aromatic N) is 3. The molecule has 0 bridgehead atoms. The Hall–Kier alpha value is -1.59. The Morgan fingerprint density at radius 1 is 1.85 bits per heavy atom. The first-order valence-corrected chi connectivity index (χ1v) is 4.05. The highest BCUT2D eigenvalue weighted by Crippen LogP contribution is 2.21. The van der Waals surface area contributed by atoms with Gasteiger partial charge >= 0.3 is 5.69 Å². The van der Waals surface area contributed by atoms with Crippen LogP contribution in [0.4, 0.5) is 11.5 Å². The zero-order valence-corrected chi connectivity index (χ0v) is 7.60. The third-order valence-electron chi connectivity index (χ3n) is 1.98. The zero-order valence-electron chi connectivity index (χ0n) is 7.60. The van der Waals surface area contributed by atoms with E-state index in [1.807, 2.05) is 13.8 Å². The number of hydrogen-bond donors (Lipinski definition) is 1. The lowest BCUT2D eigenvalue weighted by Crippen LogP contribution is -2.04. The lowest BCUT2D eigenvalue weighted by Gasteiger charge is -2.06. The smallest absolute Gasteiger partial charge is 0.330 e. The predicted octanol–water partition coefficient (Wildman–Crippen LogP) is 1.34. The second kappa shape index (κ2) is 3.42. The minimum absolute atomic E-state index is 0.0229. The van der Waals surface area contributed by atoms with Crippen LogP contribution >= 0.6 is 0 Å². The summed E-state index contributed by atoms with van der Waals surface area (Å²) in [6.07, 6.45) is 2.22. The summed E-state index contributed by atoms with van der Waals surface area (Å²) in [4.78, 5) is 9.89. The van der Waals surface area contributed by atoms with Crippen molar-refractivity contribution >= 4 is 11.5 Å². The molecule has 0 aliphatic heterocycles. The molecular weight excluding hydrogens is 172 g/mol. The molecule has 0 radical (unpaired) electrons. The van der Waals surface area contributed by atoms with Crippen molar-refractivity contribution in [1.82, 2.24) is 9.78 Å². The van der Waals surface area contributed by atoms with E-state index in [-0.39, 0.29) is 17.5 Å². The van der Waals surface area contributed by atoms with E-state index in [9.17, 15) is 10.1 Å². The van der Waals surface area contributed by atoms with Gasteiger partial charge in [0.05, 0.1) is 4.92 Å². The minimum Gasteiger partial charge on any atom is -0.376 e. The first-order valence-electron chi connectivity index (χ1n) is 4.05. The van der Waals surface area contributed by atoms with E-state index in [2.05, 4.69) is 5.10 Å². The number of hydrogen-bond acceptors (Lipinski definition) is 4. The number of rotatable bonds is 3. The first kappa shape index (κ1) is 9.50. The van der Waals surface area contributed by atoms with Gasteiger partial charge in [0, 0.05) is 6.04 Å². The van der Waals surface area contributed by atoms with Crippen LogP contribution in [0.1, 0.15) is 26.3 Å². The van der Waals surface area contributed by atoms with Crippen molar-refractivity contribution in [3.63, 3.8) is 0 Å². The van der Waals surface area contributed by atoms with Crippen molar-refractivity contribution in [2.75, 3.05) is 5.73 Å². The van der Waals surface area contributed by atoms with Gasteiger partial charge in [0.1, 0.15) is 6.20 Å². The summed E-state index contributed by atoms with van der Waals surface area (Å²) in [5, 5.41) is 14.3. The van der Waals surface area contributed by atoms with Gasteiger partial charge in [0.25, 0.3) is 0 Å². The predicted molar refractivity (Wildman–Crippen MR) is 48.3 cm³/mol. The molecule has 1 atom stereocenters. The van der Waals surface area contributed by atoms with Gasteiger partial charge in [-0.1, -0.05) is 6.92 Å². The summed E-state index contributed by atoms with van der Waals surface area (Å²) in [6.45, 7) is 3.91. The second-order valence-corrected chi connectivity index (χ2v) is 2.89. The van der Waals surface area contributed by atoms with Gasteiger partial charge in [-0.05, 0) is 13.3 Å². The fourth-order valence-corrected chi connectivity index (χ4v) is 0.949. The SMILES string of the molecule is CCC(C)n1cc([N+](=O)[O-])c(N)n1. The van der Waals surface area contributed by atoms with E-state index in [1.165, 1.54) is 10.9 Å². The van der Waals surface area contributed by atoms with E-state index in [0.29, 0.717) is 0 Å². The molecule has 0 amide bonds. The lowest BCUT2D eigenvalue weighted by molar-refractivity contribution is -0.384. The molecule has 13 heavy (non-hydrogen) atoms. The minimum atomic E-state index is -0.527. The quantitative estimate of drug-likeness (QED) is 0.567. The molecule has 0 saturated heterocycles. The Labute approximate surface area is 75.5 Å². The Kier molecular flexibility index (Phi) is 2.50. The summed E-state index contributed by atoms with van der Waals surface area (Å²) in [5.41, 5.74) is 5.24. The maximum absolute atomic E-state index is 10.4. The highest BCUT2D eigenvalue weighted by molar-refractivity contribution is 5.50. The van der Waals surface area contributed by atoms with E-state index in [4.69, 9.17) is 5.73 Å². The first-order chi connectivity index (χ1) is 6.06. The highest BCUT2D eigenvalue weighted by Gasteiger charge is 2.17. The molecule has 6 nitrogen and oxygen atoms in total. The van der Waals surface area contributed by atoms with E-state index in [1.54, 1.807) is 0 Å². The molecule has 2 N–H and O–H groups in total. The molecule has 6 heteroatoms. The van der Waals surface area contributed by atoms with Crippen molar-refractivity contribution in [3.05, 3.63) is 16.3 Å². The summed E-state index contributed by atoms with van der Waals surface area (Å²) in [7, 11) is 0. The van der Waals surface area contributed by atoms with Crippen molar-refractivity contribution in [1.29, 1.82) is 0 Å². The van der Waals surface area contributed by atoms with Crippen molar-refractivity contribution in [2.24, 2.45) is 0 Å². The average molecular weight is 184 g/mol. The average Bonchev–Trinajstić information content (AvgIpc) is 2.46. The second-order valence-electron chi connectivity index (χ2n) is 2.89. The molecule has 1 aromatic heterocycles. The Morgan fingerprint density at radius 3 is 2.85 bits per heavy atom. The molecule has 0 spiro atoms. The topological polar surface area (TPSA) is 87.0 Å². The Bertz CT molecular complexity index is 320. The van der Waals surface area contributed by atoms with Crippen molar-refractivity contribution in [2.45, 2.75) is 26.3 Å². The van der Waals surface area contributed by atoms with Gasteiger partial charge in [-0.2, -0.15) is 0 Å². The third-order valence-corrected chi connectivity index (χ3v) is 1.98. The number of nitro groups is 1. The van der Waals surface area contributed by atoms with Crippen LogP contribution in [-0.2, 0) is 0 Å². The molecule has 1 heterocycles. The van der Waals surface area contributed by atoms with Gasteiger partial charge < -0.3 is 5.73 Å². The maximum Gasteiger partial charge on any atom is 0.330 e. The number of nitrogens with two attached hydrogens (primary N) is 1.